The molecule has 1 saturated heterocycles. The van der Waals surface area contributed by atoms with Crippen molar-refractivity contribution in [1.29, 1.82) is 0 Å². The summed E-state index contributed by atoms with van der Waals surface area (Å²) in [6, 6.07) is 15.6. The number of anilines is 1. The van der Waals surface area contributed by atoms with Gasteiger partial charge in [-0.1, -0.05) is 53.5 Å². The minimum absolute atomic E-state index is 0.0418. The van der Waals surface area contributed by atoms with E-state index in [-0.39, 0.29) is 5.91 Å². The largest absolute Gasteiger partial charge is 0.325 e. The molecule has 0 saturated carbocycles. The molecule has 2 aromatic rings. The fraction of sp³-hybridized carbons (Fsp3) is 0.350. The molecule has 3 rings (SSSR count). The summed E-state index contributed by atoms with van der Waals surface area (Å²) in [5.74, 6) is -0.0418. The fourth-order valence-corrected chi connectivity index (χ4v) is 3.74. The summed E-state index contributed by atoms with van der Waals surface area (Å²) in [6.07, 6.45) is 1.06. The van der Waals surface area contributed by atoms with E-state index in [1.807, 2.05) is 6.07 Å². The second-order valence-corrected chi connectivity index (χ2v) is 7.47. The molecule has 26 heavy (non-hydrogen) atoms. The molecule has 0 spiro atoms. The van der Waals surface area contributed by atoms with Gasteiger partial charge in [-0.3, -0.25) is 14.6 Å². The van der Waals surface area contributed by atoms with Crippen LogP contribution in [-0.2, 0) is 11.3 Å². The van der Waals surface area contributed by atoms with Crippen LogP contribution in [0.15, 0.2) is 48.5 Å². The molecule has 1 N–H and O–H groups in total. The van der Waals surface area contributed by atoms with Crippen LogP contribution in [0.4, 0.5) is 5.69 Å². The number of halogens is 2. The number of benzene rings is 2. The van der Waals surface area contributed by atoms with Crippen molar-refractivity contribution in [2.24, 2.45) is 0 Å². The summed E-state index contributed by atoms with van der Waals surface area (Å²) in [5, 5.41) is 3.91. The first-order chi connectivity index (χ1) is 12.6. The Kier molecular flexibility index (Phi) is 6.92. The van der Waals surface area contributed by atoms with E-state index in [2.05, 4.69) is 39.4 Å². The van der Waals surface area contributed by atoms with Crippen LogP contribution in [0, 0.1) is 0 Å². The van der Waals surface area contributed by atoms with Gasteiger partial charge >= 0.3 is 0 Å². The molecule has 138 valence electrons. The zero-order chi connectivity index (χ0) is 18.4. The number of carbonyl (C=O) groups is 1. The molecule has 1 fully saturated rings. The second-order valence-electron chi connectivity index (χ2n) is 6.60. The van der Waals surface area contributed by atoms with Crippen molar-refractivity contribution in [2.75, 3.05) is 38.0 Å². The molecular weight excluding hydrogens is 369 g/mol. The van der Waals surface area contributed by atoms with Gasteiger partial charge in [-0.05, 0) is 43.3 Å². The van der Waals surface area contributed by atoms with Gasteiger partial charge in [-0.15, -0.1) is 0 Å². The second kappa shape index (κ2) is 9.38. The van der Waals surface area contributed by atoms with Crippen molar-refractivity contribution in [3.8, 4) is 0 Å². The summed E-state index contributed by atoms with van der Waals surface area (Å²) in [6.45, 7) is 5.17. The van der Waals surface area contributed by atoms with E-state index in [0.717, 1.165) is 39.1 Å². The van der Waals surface area contributed by atoms with Gasteiger partial charge in [0.15, 0.2) is 0 Å². The zero-order valence-electron chi connectivity index (χ0n) is 14.6. The molecule has 1 aliphatic rings. The van der Waals surface area contributed by atoms with Crippen molar-refractivity contribution in [2.45, 2.75) is 13.0 Å². The molecule has 1 aliphatic heterocycles. The van der Waals surface area contributed by atoms with Crippen molar-refractivity contribution in [1.82, 2.24) is 9.80 Å². The minimum atomic E-state index is -0.0418. The van der Waals surface area contributed by atoms with Gasteiger partial charge < -0.3 is 5.32 Å². The predicted molar refractivity (Wildman–Crippen MR) is 108 cm³/mol. The first-order valence-corrected chi connectivity index (χ1v) is 9.59. The van der Waals surface area contributed by atoms with Gasteiger partial charge in [0, 0.05) is 35.4 Å². The number of hydrogen-bond acceptors (Lipinski definition) is 3. The lowest BCUT2D eigenvalue weighted by molar-refractivity contribution is -0.117. The molecule has 0 bridgehead atoms. The molecular formula is C20H23Cl2N3O. The summed E-state index contributed by atoms with van der Waals surface area (Å²) in [7, 11) is 0. The summed E-state index contributed by atoms with van der Waals surface area (Å²) >= 11 is 12.0. The van der Waals surface area contributed by atoms with Gasteiger partial charge in [0.1, 0.15) is 0 Å². The molecule has 2 aromatic carbocycles. The average Bonchev–Trinajstić information content (AvgIpc) is 2.80. The van der Waals surface area contributed by atoms with Crippen LogP contribution in [0.25, 0.3) is 0 Å². The van der Waals surface area contributed by atoms with Crippen LogP contribution in [0.5, 0.6) is 0 Å². The van der Waals surface area contributed by atoms with Gasteiger partial charge in [0.25, 0.3) is 0 Å². The third-order valence-electron chi connectivity index (χ3n) is 4.44. The van der Waals surface area contributed by atoms with Gasteiger partial charge in [-0.25, -0.2) is 0 Å². The number of nitrogens with zero attached hydrogens (tertiary/aromatic N) is 2. The summed E-state index contributed by atoms with van der Waals surface area (Å²) in [5.41, 5.74) is 1.96. The van der Waals surface area contributed by atoms with Crippen molar-refractivity contribution in [3.05, 3.63) is 64.1 Å². The third-order valence-corrected chi connectivity index (χ3v) is 4.88. The van der Waals surface area contributed by atoms with Crippen LogP contribution < -0.4 is 5.32 Å². The lowest BCUT2D eigenvalue weighted by Crippen LogP contribution is -2.36. The molecule has 4 nitrogen and oxygen atoms in total. The normalized spacial score (nSPS) is 16.2. The lowest BCUT2D eigenvalue weighted by Gasteiger charge is -2.21. The van der Waals surface area contributed by atoms with Gasteiger partial charge in [0.05, 0.1) is 6.54 Å². The lowest BCUT2D eigenvalue weighted by atomic mass is 10.2. The maximum Gasteiger partial charge on any atom is 0.238 e. The highest BCUT2D eigenvalue weighted by Gasteiger charge is 2.17. The third kappa shape index (κ3) is 5.99. The van der Waals surface area contributed by atoms with Gasteiger partial charge in [-0.2, -0.15) is 0 Å². The molecule has 0 aromatic heterocycles. The van der Waals surface area contributed by atoms with Crippen molar-refractivity contribution < 1.29 is 4.79 Å². The zero-order valence-corrected chi connectivity index (χ0v) is 16.1. The van der Waals surface area contributed by atoms with E-state index in [1.54, 1.807) is 18.2 Å². The molecule has 1 amide bonds. The van der Waals surface area contributed by atoms with E-state index in [4.69, 9.17) is 23.2 Å². The standard InChI is InChI=1S/C20H23Cl2N3O/c21-17-11-18(22)13-19(12-17)23-20(26)15-25-8-4-7-24(9-10-25)14-16-5-2-1-3-6-16/h1-3,5-6,11-13H,4,7-10,14-15H2,(H,23,26). The van der Waals surface area contributed by atoms with Crippen molar-refractivity contribution in [3.63, 3.8) is 0 Å². The maximum absolute atomic E-state index is 12.3. The van der Waals surface area contributed by atoms with Gasteiger partial charge in [0.2, 0.25) is 5.91 Å². The SMILES string of the molecule is O=C(CN1CCCN(Cc2ccccc2)CC1)Nc1cc(Cl)cc(Cl)c1. The Bertz CT molecular complexity index is 719. The Balaban J connectivity index is 1.48. The van der Waals surface area contributed by atoms with Crippen LogP contribution in [-0.4, -0.2) is 48.4 Å². The van der Waals surface area contributed by atoms with E-state index in [1.165, 1.54) is 5.56 Å². The Morgan fingerprint density at radius 3 is 2.31 bits per heavy atom. The number of hydrogen-bond donors (Lipinski definition) is 1. The molecule has 6 heteroatoms. The predicted octanol–water partition coefficient (Wildman–Crippen LogP) is 4.14. The van der Waals surface area contributed by atoms with E-state index >= 15 is 0 Å². The molecule has 0 atom stereocenters. The van der Waals surface area contributed by atoms with Crippen LogP contribution in [0.2, 0.25) is 10.0 Å². The molecule has 1 heterocycles. The van der Waals surface area contributed by atoms with Crippen molar-refractivity contribution >= 4 is 34.8 Å². The number of nitrogens with one attached hydrogen (secondary N) is 1. The monoisotopic (exact) mass is 391 g/mol. The fourth-order valence-electron chi connectivity index (χ4n) is 3.21. The topological polar surface area (TPSA) is 35.6 Å². The van der Waals surface area contributed by atoms with E-state index < -0.39 is 0 Å². The van der Waals surface area contributed by atoms with Crippen LogP contribution in [0.3, 0.4) is 0 Å². The molecule has 0 aliphatic carbocycles. The van der Waals surface area contributed by atoms with Crippen LogP contribution in [0.1, 0.15) is 12.0 Å². The highest BCUT2D eigenvalue weighted by atomic mass is 35.5. The molecule has 0 unspecified atom stereocenters. The summed E-state index contributed by atoms with van der Waals surface area (Å²) in [4.78, 5) is 17.0. The highest BCUT2D eigenvalue weighted by Crippen LogP contribution is 2.22. The Labute approximate surface area is 164 Å². The first-order valence-electron chi connectivity index (χ1n) is 8.83. The first kappa shape index (κ1) is 19.2. The Morgan fingerprint density at radius 1 is 0.923 bits per heavy atom. The van der Waals surface area contributed by atoms with Crippen LogP contribution >= 0.6 is 23.2 Å². The van der Waals surface area contributed by atoms with E-state index in [9.17, 15) is 4.79 Å². The smallest absolute Gasteiger partial charge is 0.238 e. The Hall–Kier alpha value is -1.59. The summed E-state index contributed by atoms with van der Waals surface area (Å²) < 4.78 is 0. The highest BCUT2D eigenvalue weighted by molar-refractivity contribution is 6.35. The average molecular weight is 392 g/mol. The van der Waals surface area contributed by atoms with E-state index in [0.29, 0.717) is 22.3 Å². The maximum atomic E-state index is 12.3. The number of rotatable bonds is 5. The Morgan fingerprint density at radius 2 is 1.58 bits per heavy atom. The number of amides is 1. The quantitative estimate of drug-likeness (QED) is 0.831. The number of carbonyl (C=O) groups excluding carboxylic acids is 1. The molecule has 0 radical (unpaired) electrons. The minimum Gasteiger partial charge on any atom is -0.325 e.